The zero-order valence-corrected chi connectivity index (χ0v) is 19.0. The lowest BCUT2D eigenvalue weighted by molar-refractivity contribution is -0.114. The van der Waals surface area contributed by atoms with Gasteiger partial charge in [0, 0.05) is 31.8 Å². The molecule has 0 radical (unpaired) electrons. The van der Waals surface area contributed by atoms with Crippen molar-refractivity contribution in [3.8, 4) is 5.75 Å². The molecule has 7 heteroatoms. The summed E-state index contributed by atoms with van der Waals surface area (Å²) >= 11 is 0. The Hall–Kier alpha value is -1.51. The van der Waals surface area contributed by atoms with E-state index in [9.17, 15) is 4.79 Å². The number of hydrogen-bond acceptors (Lipinski definition) is 3. The maximum atomic E-state index is 11.1. The second kappa shape index (κ2) is 12.0. The average Bonchev–Trinajstić information content (AvgIpc) is 2.57. The number of halogens is 1. The molecular weight excluding hydrogens is 455 g/mol. The van der Waals surface area contributed by atoms with Crippen LogP contribution in [0.1, 0.15) is 46.5 Å². The van der Waals surface area contributed by atoms with Crippen molar-refractivity contribution in [2.45, 2.75) is 46.5 Å². The number of aliphatic imine (C=N–C) groups is 1. The fraction of sp³-hybridized carbons (Fsp3) is 0.600. The Kier molecular flexibility index (Phi) is 10.5. The molecule has 0 unspecified atom stereocenters. The Morgan fingerprint density at radius 1 is 1.26 bits per heavy atom. The monoisotopic (exact) mass is 488 g/mol. The van der Waals surface area contributed by atoms with E-state index in [0.717, 1.165) is 30.5 Å². The van der Waals surface area contributed by atoms with Gasteiger partial charge in [0.25, 0.3) is 0 Å². The minimum Gasteiger partial charge on any atom is -0.492 e. The number of benzene rings is 1. The summed E-state index contributed by atoms with van der Waals surface area (Å²) in [7, 11) is 0. The molecule has 6 nitrogen and oxygen atoms in total. The van der Waals surface area contributed by atoms with Gasteiger partial charge in [-0.25, -0.2) is 0 Å². The van der Waals surface area contributed by atoms with E-state index in [2.05, 4.69) is 29.8 Å². The van der Waals surface area contributed by atoms with E-state index in [-0.39, 0.29) is 29.9 Å². The molecule has 0 saturated heterocycles. The molecule has 27 heavy (non-hydrogen) atoms. The van der Waals surface area contributed by atoms with Gasteiger partial charge in [-0.15, -0.1) is 24.0 Å². The average molecular weight is 488 g/mol. The number of amides is 1. The summed E-state index contributed by atoms with van der Waals surface area (Å²) in [5.41, 5.74) is 1.16. The highest BCUT2D eigenvalue weighted by atomic mass is 127. The smallest absolute Gasteiger partial charge is 0.221 e. The molecule has 3 N–H and O–H groups in total. The first kappa shape index (κ1) is 23.5. The lowest BCUT2D eigenvalue weighted by atomic mass is 9.67. The van der Waals surface area contributed by atoms with Crippen molar-refractivity contribution < 1.29 is 9.53 Å². The standard InChI is InChI=1S/C20H32N4O2.HI/c1-4-20(10-7-11-20)15-23-19(21-5-2)22-12-13-26-18-9-6-8-17(14-18)24-16(3)25;/h6,8-9,14H,4-5,7,10-13,15H2,1-3H3,(H,24,25)(H2,21,22,23);1H. The van der Waals surface area contributed by atoms with Gasteiger partial charge in [0.15, 0.2) is 5.96 Å². The van der Waals surface area contributed by atoms with Crippen LogP contribution in [0, 0.1) is 5.41 Å². The van der Waals surface area contributed by atoms with Crippen molar-refractivity contribution in [2.24, 2.45) is 10.4 Å². The molecule has 1 aliphatic carbocycles. The molecule has 0 aliphatic heterocycles. The summed E-state index contributed by atoms with van der Waals surface area (Å²) in [5, 5.41) is 9.37. The summed E-state index contributed by atoms with van der Waals surface area (Å²) in [4.78, 5) is 15.9. The number of hydrogen-bond donors (Lipinski definition) is 3. The van der Waals surface area contributed by atoms with Gasteiger partial charge in [0.2, 0.25) is 5.91 Å². The van der Waals surface area contributed by atoms with Crippen molar-refractivity contribution in [1.29, 1.82) is 0 Å². The van der Waals surface area contributed by atoms with E-state index in [1.807, 2.05) is 24.3 Å². The molecule has 0 spiro atoms. The van der Waals surface area contributed by atoms with Gasteiger partial charge < -0.3 is 20.7 Å². The van der Waals surface area contributed by atoms with Crippen LogP contribution in [-0.2, 0) is 4.79 Å². The van der Waals surface area contributed by atoms with Crippen LogP contribution in [0.25, 0.3) is 0 Å². The van der Waals surface area contributed by atoms with Gasteiger partial charge >= 0.3 is 0 Å². The first-order valence-corrected chi connectivity index (χ1v) is 9.59. The van der Waals surface area contributed by atoms with Crippen LogP contribution in [0.3, 0.4) is 0 Å². The highest BCUT2D eigenvalue weighted by molar-refractivity contribution is 14.0. The quantitative estimate of drug-likeness (QED) is 0.214. The van der Waals surface area contributed by atoms with Crippen LogP contribution in [-0.4, -0.2) is 38.1 Å². The van der Waals surface area contributed by atoms with Crippen LogP contribution < -0.4 is 20.7 Å². The number of rotatable bonds is 9. The number of anilines is 1. The molecule has 152 valence electrons. The van der Waals surface area contributed by atoms with E-state index < -0.39 is 0 Å². The van der Waals surface area contributed by atoms with Crippen molar-refractivity contribution in [2.75, 3.05) is 31.6 Å². The first-order valence-electron chi connectivity index (χ1n) is 9.59. The van der Waals surface area contributed by atoms with Gasteiger partial charge in [-0.3, -0.25) is 9.79 Å². The summed E-state index contributed by atoms with van der Waals surface area (Å²) in [6.45, 7) is 8.73. The Balaban J connectivity index is 0.00000364. The fourth-order valence-electron chi connectivity index (χ4n) is 3.09. The zero-order chi connectivity index (χ0) is 18.8. The molecule has 1 aliphatic rings. The molecule has 0 aromatic heterocycles. The minimum absolute atomic E-state index is 0. The Bertz CT molecular complexity index is 612. The van der Waals surface area contributed by atoms with Gasteiger partial charge in [-0.05, 0) is 43.7 Å². The maximum absolute atomic E-state index is 11.1. The van der Waals surface area contributed by atoms with Crippen molar-refractivity contribution >= 4 is 41.5 Å². The molecule has 0 atom stereocenters. The number of nitrogens with one attached hydrogen (secondary N) is 3. The number of guanidine groups is 1. The molecule has 1 aromatic rings. The summed E-state index contributed by atoms with van der Waals surface area (Å²) in [6, 6.07) is 7.41. The minimum atomic E-state index is -0.0911. The predicted molar refractivity (Wildman–Crippen MR) is 122 cm³/mol. The third-order valence-electron chi connectivity index (χ3n) is 4.90. The van der Waals surface area contributed by atoms with E-state index in [1.54, 1.807) is 0 Å². The number of carbonyl (C=O) groups is 1. The summed E-state index contributed by atoms with van der Waals surface area (Å²) in [5.74, 6) is 1.49. The summed E-state index contributed by atoms with van der Waals surface area (Å²) < 4.78 is 5.76. The lowest BCUT2D eigenvalue weighted by Gasteiger charge is -2.40. The second-order valence-corrected chi connectivity index (χ2v) is 6.89. The second-order valence-electron chi connectivity index (χ2n) is 6.89. The molecule has 1 aromatic carbocycles. The Morgan fingerprint density at radius 2 is 2.04 bits per heavy atom. The third kappa shape index (κ3) is 7.94. The molecule has 1 saturated carbocycles. The normalized spacial score (nSPS) is 15.1. The molecular formula is C20H33IN4O2. The molecule has 1 fully saturated rings. The van der Waals surface area contributed by atoms with E-state index in [4.69, 9.17) is 9.73 Å². The van der Waals surface area contributed by atoms with Gasteiger partial charge in [0.05, 0.1) is 6.54 Å². The topological polar surface area (TPSA) is 74.8 Å². The lowest BCUT2D eigenvalue weighted by Crippen LogP contribution is -2.41. The molecule has 0 heterocycles. The van der Waals surface area contributed by atoms with E-state index >= 15 is 0 Å². The van der Waals surface area contributed by atoms with Crippen molar-refractivity contribution in [3.63, 3.8) is 0 Å². The van der Waals surface area contributed by atoms with Crippen LogP contribution in [0.4, 0.5) is 5.69 Å². The van der Waals surface area contributed by atoms with Crippen molar-refractivity contribution in [1.82, 2.24) is 10.6 Å². The predicted octanol–water partition coefficient (Wildman–Crippen LogP) is 3.78. The Morgan fingerprint density at radius 3 is 2.63 bits per heavy atom. The molecule has 0 bridgehead atoms. The van der Waals surface area contributed by atoms with E-state index in [0.29, 0.717) is 18.6 Å². The largest absolute Gasteiger partial charge is 0.492 e. The molecule has 1 amide bonds. The van der Waals surface area contributed by atoms with E-state index in [1.165, 1.54) is 32.6 Å². The Labute approximate surface area is 179 Å². The van der Waals surface area contributed by atoms with Gasteiger partial charge in [0.1, 0.15) is 12.4 Å². The number of carbonyl (C=O) groups excluding carboxylic acids is 1. The SMILES string of the molecule is CCNC(=NCC1(CC)CCC1)NCCOc1cccc(NC(C)=O)c1.I. The van der Waals surface area contributed by atoms with Crippen molar-refractivity contribution in [3.05, 3.63) is 24.3 Å². The van der Waals surface area contributed by atoms with Crippen LogP contribution in [0.15, 0.2) is 29.3 Å². The third-order valence-corrected chi connectivity index (χ3v) is 4.90. The summed E-state index contributed by atoms with van der Waals surface area (Å²) in [6.07, 6.45) is 5.11. The highest BCUT2D eigenvalue weighted by Crippen LogP contribution is 2.43. The van der Waals surface area contributed by atoms with Gasteiger partial charge in [-0.2, -0.15) is 0 Å². The van der Waals surface area contributed by atoms with Gasteiger partial charge in [-0.1, -0.05) is 19.4 Å². The van der Waals surface area contributed by atoms with Crippen LogP contribution in [0.5, 0.6) is 5.75 Å². The number of ether oxygens (including phenoxy) is 1. The highest BCUT2D eigenvalue weighted by Gasteiger charge is 2.34. The van der Waals surface area contributed by atoms with Crippen LogP contribution >= 0.6 is 24.0 Å². The zero-order valence-electron chi connectivity index (χ0n) is 16.6. The first-order chi connectivity index (χ1) is 12.6. The maximum Gasteiger partial charge on any atom is 0.221 e. The number of nitrogens with zero attached hydrogens (tertiary/aromatic N) is 1. The fourth-order valence-corrected chi connectivity index (χ4v) is 3.09. The molecule has 2 rings (SSSR count). The van der Waals surface area contributed by atoms with Crippen LogP contribution in [0.2, 0.25) is 0 Å².